The number of nitrogens with one attached hydrogen (secondary N) is 2. The fourth-order valence-electron chi connectivity index (χ4n) is 2.14. The van der Waals surface area contributed by atoms with E-state index in [9.17, 15) is 9.90 Å². The van der Waals surface area contributed by atoms with Crippen molar-refractivity contribution in [2.75, 3.05) is 13.7 Å². The molecule has 0 bridgehead atoms. The molecular weight excluding hydrogens is 298 g/mol. The molecule has 8 heteroatoms. The molecule has 0 fully saturated rings. The molecule has 0 aliphatic rings. The normalized spacial score (nSPS) is 11.8. The van der Waals surface area contributed by atoms with Crippen LogP contribution in [0.3, 0.4) is 0 Å². The van der Waals surface area contributed by atoms with Crippen molar-refractivity contribution in [3.63, 3.8) is 0 Å². The van der Waals surface area contributed by atoms with Crippen LogP contribution in [0.15, 0.2) is 30.6 Å². The third kappa shape index (κ3) is 4.43. The SMILES string of the molecule is CCn1cnnc1CNC(=O)NCC(O)c1ccccc1OC. The van der Waals surface area contributed by atoms with Gasteiger partial charge in [0.15, 0.2) is 5.82 Å². The first kappa shape index (κ1) is 16.8. The maximum absolute atomic E-state index is 11.8. The lowest BCUT2D eigenvalue weighted by atomic mass is 10.1. The zero-order valence-corrected chi connectivity index (χ0v) is 13.2. The Hall–Kier alpha value is -2.61. The maximum atomic E-state index is 11.8. The van der Waals surface area contributed by atoms with E-state index in [-0.39, 0.29) is 19.1 Å². The minimum atomic E-state index is -0.851. The van der Waals surface area contributed by atoms with Crippen LogP contribution in [0.2, 0.25) is 0 Å². The van der Waals surface area contributed by atoms with Gasteiger partial charge in [-0.05, 0) is 13.0 Å². The van der Waals surface area contributed by atoms with Crippen molar-refractivity contribution in [1.82, 2.24) is 25.4 Å². The average Bonchev–Trinajstić information content (AvgIpc) is 3.05. The molecule has 2 amide bonds. The van der Waals surface area contributed by atoms with Gasteiger partial charge in [-0.1, -0.05) is 18.2 Å². The standard InChI is InChI=1S/C15H21N5O3/c1-3-20-10-18-19-14(20)9-17-15(22)16-8-12(21)11-6-4-5-7-13(11)23-2/h4-7,10,12,21H,3,8-9H2,1-2H3,(H2,16,17,22). The second kappa shape index (κ2) is 8.14. The van der Waals surface area contributed by atoms with Crippen LogP contribution in [0.5, 0.6) is 5.75 Å². The Labute approximate surface area is 134 Å². The fourth-order valence-corrected chi connectivity index (χ4v) is 2.14. The van der Waals surface area contributed by atoms with Gasteiger partial charge < -0.3 is 25.0 Å². The Morgan fingerprint density at radius 3 is 2.91 bits per heavy atom. The van der Waals surface area contributed by atoms with E-state index in [1.54, 1.807) is 24.5 Å². The third-order valence-corrected chi connectivity index (χ3v) is 3.40. The summed E-state index contributed by atoms with van der Waals surface area (Å²) >= 11 is 0. The van der Waals surface area contributed by atoms with Gasteiger partial charge in [0.25, 0.3) is 0 Å². The van der Waals surface area contributed by atoms with Gasteiger partial charge in [-0.2, -0.15) is 0 Å². The summed E-state index contributed by atoms with van der Waals surface area (Å²) in [7, 11) is 1.54. The van der Waals surface area contributed by atoms with Gasteiger partial charge in [0.2, 0.25) is 0 Å². The number of hydrogen-bond donors (Lipinski definition) is 3. The molecule has 23 heavy (non-hydrogen) atoms. The van der Waals surface area contributed by atoms with Gasteiger partial charge in [-0.15, -0.1) is 10.2 Å². The molecule has 1 aromatic carbocycles. The van der Waals surface area contributed by atoms with Crippen molar-refractivity contribution in [2.45, 2.75) is 26.1 Å². The quantitative estimate of drug-likeness (QED) is 0.702. The van der Waals surface area contributed by atoms with E-state index in [1.165, 1.54) is 7.11 Å². The number of amides is 2. The molecule has 3 N–H and O–H groups in total. The summed E-state index contributed by atoms with van der Waals surface area (Å²) < 4.78 is 7.03. The second-order valence-electron chi connectivity index (χ2n) is 4.85. The molecule has 1 atom stereocenters. The summed E-state index contributed by atoms with van der Waals surface area (Å²) in [6.07, 6.45) is 0.761. The van der Waals surface area contributed by atoms with Crippen molar-refractivity contribution in [2.24, 2.45) is 0 Å². The van der Waals surface area contributed by atoms with Gasteiger partial charge in [0, 0.05) is 18.7 Å². The number of aryl methyl sites for hydroxylation is 1. The van der Waals surface area contributed by atoms with E-state index in [4.69, 9.17) is 4.74 Å². The number of aromatic nitrogens is 3. The summed E-state index contributed by atoms with van der Waals surface area (Å²) in [5.41, 5.74) is 0.626. The van der Waals surface area contributed by atoms with Crippen LogP contribution in [0.25, 0.3) is 0 Å². The van der Waals surface area contributed by atoms with Crippen molar-refractivity contribution >= 4 is 6.03 Å². The Bertz CT molecular complexity index is 644. The molecule has 1 unspecified atom stereocenters. The van der Waals surface area contributed by atoms with Gasteiger partial charge in [0.1, 0.15) is 12.1 Å². The predicted molar refractivity (Wildman–Crippen MR) is 83.9 cm³/mol. The fraction of sp³-hybridized carbons (Fsp3) is 0.400. The van der Waals surface area contributed by atoms with E-state index in [1.807, 2.05) is 17.6 Å². The number of aliphatic hydroxyl groups is 1. The van der Waals surface area contributed by atoms with Crippen LogP contribution in [-0.4, -0.2) is 39.6 Å². The first-order valence-electron chi connectivity index (χ1n) is 7.35. The summed E-state index contributed by atoms with van der Waals surface area (Å²) in [6.45, 7) is 3.05. The average molecular weight is 319 g/mol. The molecule has 0 aliphatic heterocycles. The summed E-state index contributed by atoms with van der Waals surface area (Å²) in [5, 5.41) is 23.2. The largest absolute Gasteiger partial charge is 0.496 e. The molecular formula is C15H21N5O3. The summed E-state index contributed by atoms with van der Waals surface area (Å²) in [6, 6.07) is 6.76. The van der Waals surface area contributed by atoms with E-state index >= 15 is 0 Å². The minimum absolute atomic E-state index is 0.0761. The highest BCUT2D eigenvalue weighted by Crippen LogP contribution is 2.23. The van der Waals surface area contributed by atoms with E-state index < -0.39 is 6.10 Å². The molecule has 1 aromatic heterocycles. The van der Waals surface area contributed by atoms with Crippen LogP contribution in [0, 0.1) is 0 Å². The van der Waals surface area contributed by atoms with Crippen molar-refractivity contribution < 1.29 is 14.6 Å². The first-order valence-corrected chi connectivity index (χ1v) is 7.35. The van der Waals surface area contributed by atoms with Crippen LogP contribution >= 0.6 is 0 Å². The van der Waals surface area contributed by atoms with Gasteiger partial charge in [-0.25, -0.2) is 4.79 Å². The number of benzene rings is 1. The first-order chi connectivity index (χ1) is 11.2. The number of nitrogens with zero attached hydrogens (tertiary/aromatic N) is 3. The number of carbonyl (C=O) groups excluding carboxylic acids is 1. The minimum Gasteiger partial charge on any atom is -0.496 e. The number of rotatable bonds is 7. The lowest BCUT2D eigenvalue weighted by Crippen LogP contribution is -2.38. The topological polar surface area (TPSA) is 101 Å². The van der Waals surface area contributed by atoms with E-state index in [0.717, 1.165) is 6.54 Å². The number of carbonyl (C=O) groups is 1. The summed E-state index contributed by atoms with van der Waals surface area (Å²) in [5.74, 6) is 1.26. The Morgan fingerprint density at radius 2 is 2.17 bits per heavy atom. The predicted octanol–water partition coefficient (Wildman–Crippen LogP) is 0.839. The van der Waals surface area contributed by atoms with E-state index in [2.05, 4.69) is 20.8 Å². The number of aliphatic hydroxyl groups excluding tert-OH is 1. The molecule has 0 spiro atoms. The lowest BCUT2D eigenvalue weighted by Gasteiger charge is -2.15. The second-order valence-corrected chi connectivity index (χ2v) is 4.85. The van der Waals surface area contributed by atoms with Gasteiger partial charge in [-0.3, -0.25) is 0 Å². The van der Waals surface area contributed by atoms with Crippen LogP contribution in [0.1, 0.15) is 24.4 Å². The highest BCUT2D eigenvalue weighted by atomic mass is 16.5. The highest BCUT2D eigenvalue weighted by molar-refractivity contribution is 5.73. The number of urea groups is 1. The molecule has 2 rings (SSSR count). The van der Waals surface area contributed by atoms with Gasteiger partial charge in [0.05, 0.1) is 19.8 Å². The highest BCUT2D eigenvalue weighted by Gasteiger charge is 2.14. The number of hydrogen-bond acceptors (Lipinski definition) is 5. The van der Waals surface area contributed by atoms with Crippen molar-refractivity contribution in [1.29, 1.82) is 0 Å². The van der Waals surface area contributed by atoms with Crippen LogP contribution in [0.4, 0.5) is 4.79 Å². The zero-order valence-electron chi connectivity index (χ0n) is 13.2. The molecule has 124 valence electrons. The smallest absolute Gasteiger partial charge is 0.315 e. The maximum Gasteiger partial charge on any atom is 0.315 e. The van der Waals surface area contributed by atoms with Crippen molar-refractivity contribution in [3.05, 3.63) is 42.0 Å². The monoisotopic (exact) mass is 319 g/mol. The zero-order chi connectivity index (χ0) is 16.7. The number of methoxy groups -OCH3 is 1. The molecule has 2 aromatic rings. The number of ether oxygens (including phenoxy) is 1. The molecule has 1 heterocycles. The van der Waals surface area contributed by atoms with Crippen LogP contribution < -0.4 is 15.4 Å². The third-order valence-electron chi connectivity index (χ3n) is 3.40. The molecule has 0 radical (unpaired) electrons. The number of para-hydroxylation sites is 1. The lowest BCUT2D eigenvalue weighted by molar-refractivity contribution is 0.169. The van der Waals surface area contributed by atoms with Gasteiger partial charge >= 0.3 is 6.03 Å². The Balaban J connectivity index is 1.82. The summed E-state index contributed by atoms with van der Waals surface area (Å²) in [4.78, 5) is 11.8. The van der Waals surface area contributed by atoms with Crippen LogP contribution in [-0.2, 0) is 13.1 Å². The van der Waals surface area contributed by atoms with E-state index in [0.29, 0.717) is 17.1 Å². The molecule has 0 saturated heterocycles. The van der Waals surface area contributed by atoms with Crippen molar-refractivity contribution in [3.8, 4) is 5.75 Å². The molecule has 0 aliphatic carbocycles. The molecule has 0 saturated carbocycles. The Morgan fingerprint density at radius 1 is 1.39 bits per heavy atom. The molecule has 8 nitrogen and oxygen atoms in total. The Kier molecular flexibility index (Phi) is 5.93.